The third-order valence-electron chi connectivity index (χ3n) is 4.18. The molecular weight excluding hydrogens is 368 g/mol. The van der Waals surface area contributed by atoms with Gasteiger partial charge < -0.3 is 24.8 Å². The van der Waals surface area contributed by atoms with Crippen LogP contribution in [0.25, 0.3) is 0 Å². The van der Waals surface area contributed by atoms with Gasteiger partial charge in [-0.05, 0) is 56.5 Å². The summed E-state index contributed by atoms with van der Waals surface area (Å²) in [6.07, 6.45) is 0.204. The Kier molecular flexibility index (Phi) is 9.47. The summed E-state index contributed by atoms with van der Waals surface area (Å²) in [5, 5.41) is 5.64. The van der Waals surface area contributed by atoms with Gasteiger partial charge in [0.2, 0.25) is 0 Å². The first kappa shape index (κ1) is 22.7. The maximum Gasteiger partial charge on any atom is 0.319 e. The molecule has 2 N–H and O–H groups in total. The van der Waals surface area contributed by atoms with Crippen molar-refractivity contribution < 1.29 is 19.0 Å². The summed E-state index contributed by atoms with van der Waals surface area (Å²) in [5.74, 6) is 0.876. The van der Waals surface area contributed by atoms with Crippen molar-refractivity contribution in [3.05, 3.63) is 59.2 Å². The smallest absolute Gasteiger partial charge is 0.319 e. The molecular formula is C23H32N2O4. The number of ether oxygens (including phenoxy) is 3. The Bertz CT molecular complexity index is 757. The Morgan fingerprint density at radius 2 is 1.72 bits per heavy atom. The number of rotatable bonds is 11. The molecule has 0 fully saturated rings. The molecule has 0 aliphatic carbocycles. The summed E-state index contributed by atoms with van der Waals surface area (Å²) in [4.78, 5) is 12.1. The van der Waals surface area contributed by atoms with Crippen LogP contribution in [0.15, 0.2) is 42.5 Å². The number of aryl methyl sites for hydroxylation is 2. The molecule has 2 rings (SSSR count). The van der Waals surface area contributed by atoms with E-state index in [1.54, 1.807) is 0 Å². The summed E-state index contributed by atoms with van der Waals surface area (Å²) in [7, 11) is 0. The molecule has 0 bridgehead atoms. The van der Waals surface area contributed by atoms with Crippen molar-refractivity contribution in [1.29, 1.82) is 0 Å². The minimum atomic E-state index is -0.265. The lowest BCUT2D eigenvalue weighted by molar-refractivity contribution is 0.0143. The maximum atomic E-state index is 12.1. The molecule has 0 aromatic heterocycles. The van der Waals surface area contributed by atoms with E-state index >= 15 is 0 Å². The molecule has 29 heavy (non-hydrogen) atoms. The lowest BCUT2D eigenvalue weighted by Gasteiger charge is -2.13. The number of nitrogens with one attached hydrogen (secondary N) is 2. The van der Waals surface area contributed by atoms with Crippen LogP contribution in [-0.4, -0.2) is 38.5 Å². The zero-order valence-corrected chi connectivity index (χ0v) is 17.8. The second-order valence-electron chi connectivity index (χ2n) is 7.12. The molecule has 158 valence electrons. The lowest BCUT2D eigenvalue weighted by Crippen LogP contribution is -2.32. The second kappa shape index (κ2) is 12.1. The minimum Gasteiger partial charge on any atom is -0.491 e. The van der Waals surface area contributed by atoms with E-state index in [-0.39, 0.29) is 12.1 Å². The SMILES string of the molecule is Cc1cccc(C)c1OCCNC(=O)Nc1cccc(COCCOC(C)C)c1. The first-order chi connectivity index (χ1) is 14.0. The largest absolute Gasteiger partial charge is 0.491 e. The molecule has 0 atom stereocenters. The molecule has 0 aliphatic rings. The zero-order chi connectivity index (χ0) is 21.1. The van der Waals surface area contributed by atoms with Crippen LogP contribution < -0.4 is 15.4 Å². The molecule has 0 radical (unpaired) electrons. The molecule has 2 aromatic carbocycles. The Hall–Kier alpha value is -2.57. The number of hydrogen-bond donors (Lipinski definition) is 2. The Morgan fingerprint density at radius 3 is 2.45 bits per heavy atom. The van der Waals surface area contributed by atoms with Gasteiger partial charge in [0.15, 0.2) is 0 Å². The Morgan fingerprint density at radius 1 is 1.00 bits per heavy atom. The van der Waals surface area contributed by atoms with Crippen LogP contribution in [0.5, 0.6) is 5.75 Å². The standard InChI is InChI=1S/C23H32N2O4/c1-17(2)28-14-13-27-16-20-9-6-10-21(15-20)25-23(26)24-11-12-29-22-18(3)7-5-8-19(22)4/h5-10,15,17H,11-14,16H2,1-4H3,(H2,24,25,26). The van der Waals surface area contributed by atoms with Crippen molar-refractivity contribution in [2.45, 2.75) is 40.4 Å². The minimum absolute atomic E-state index is 0.204. The molecule has 0 aliphatic heterocycles. The van der Waals surface area contributed by atoms with Crippen molar-refractivity contribution in [2.75, 3.05) is 31.7 Å². The predicted molar refractivity (Wildman–Crippen MR) is 116 cm³/mol. The monoisotopic (exact) mass is 400 g/mol. The third kappa shape index (κ3) is 8.54. The van der Waals surface area contributed by atoms with Crippen molar-refractivity contribution in [2.24, 2.45) is 0 Å². The number of carbonyl (C=O) groups excluding carboxylic acids is 1. The molecule has 0 spiro atoms. The highest BCUT2D eigenvalue weighted by Crippen LogP contribution is 2.21. The van der Waals surface area contributed by atoms with Gasteiger partial charge in [-0.25, -0.2) is 4.79 Å². The van der Waals surface area contributed by atoms with Crippen LogP contribution in [0.2, 0.25) is 0 Å². The van der Waals surface area contributed by atoms with Gasteiger partial charge in [0, 0.05) is 5.69 Å². The van der Waals surface area contributed by atoms with Crippen LogP contribution >= 0.6 is 0 Å². The van der Waals surface area contributed by atoms with Crippen LogP contribution in [-0.2, 0) is 16.1 Å². The summed E-state index contributed by atoms with van der Waals surface area (Å²) in [5.41, 5.74) is 3.89. The Balaban J connectivity index is 1.69. The number of benzene rings is 2. The third-order valence-corrected chi connectivity index (χ3v) is 4.18. The number of anilines is 1. The number of amides is 2. The molecule has 2 amide bonds. The van der Waals surface area contributed by atoms with Gasteiger partial charge in [0.05, 0.1) is 32.5 Å². The van der Waals surface area contributed by atoms with Gasteiger partial charge in [0.25, 0.3) is 0 Å². The quantitative estimate of drug-likeness (QED) is 0.547. The van der Waals surface area contributed by atoms with E-state index in [1.807, 2.05) is 70.2 Å². The van der Waals surface area contributed by atoms with Gasteiger partial charge in [0.1, 0.15) is 12.4 Å². The van der Waals surface area contributed by atoms with E-state index in [1.165, 1.54) is 0 Å². The normalized spacial score (nSPS) is 10.8. The van der Waals surface area contributed by atoms with Gasteiger partial charge in [-0.2, -0.15) is 0 Å². The van der Waals surface area contributed by atoms with E-state index in [0.717, 1.165) is 28.1 Å². The number of carbonyl (C=O) groups is 1. The van der Waals surface area contributed by atoms with Crippen LogP contribution in [0.1, 0.15) is 30.5 Å². The van der Waals surface area contributed by atoms with E-state index < -0.39 is 0 Å². The van der Waals surface area contributed by atoms with Crippen molar-refractivity contribution >= 4 is 11.7 Å². The molecule has 6 heteroatoms. The van der Waals surface area contributed by atoms with Gasteiger partial charge >= 0.3 is 6.03 Å². The fourth-order valence-electron chi connectivity index (χ4n) is 2.79. The van der Waals surface area contributed by atoms with Gasteiger partial charge in [-0.1, -0.05) is 30.3 Å². The van der Waals surface area contributed by atoms with Crippen molar-refractivity contribution in [1.82, 2.24) is 5.32 Å². The molecule has 0 saturated heterocycles. The summed E-state index contributed by atoms with van der Waals surface area (Å²) >= 11 is 0. The summed E-state index contributed by atoms with van der Waals surface area (Å²) < 4.78 is 16.8. The zero-order valence-electron chi connectivity index (χ0n) is 17.8. The van der Waals surface area contributed by atoms with Crippen LogP contribution in [0, 0.1) is 13.8 Å². The highest BCUT2D eigenvalue weighted by atomic mass is 16.5. The van der Waals surface area contributed by atoms with E-state index in [0.29, 0.717) is 33.0 Å². The van der Waals surface area contributed by atoms with Crippen LogP contribution in [0.3, 0.4) is 0 Å². The topological polar surface area (TPSA) is 68.8 Å². The average Bonchev–Trinajstić information content (AvgIpc) is 2.67. The summed E-state index contributed by atoms with van der Waals surface area (Å²) in [6, 6.07) is 13.4. The molecule has 2 aromatic rings. The first-order valence-corrected chi connectivity index (χ1v) is 9.98. The van der Waals surface area contributed by atoms with Crippen molar-refractivity contribution in [3.63, 3.8) is 0 Å². The summed E-state index contributed by atoms with van der Waals surface area (Å²) in [6.45, 7) is 10.4. The van der Waals surface area contributed by atoms with Gasteiger partial charge in [-0.3, -0.25) is 0 Å². The van der Waals surface area contributed by atoms with Crippen molar-refractivity contribution in [3.8, 4) is 5.75 Å². The second-order valence-corrected chi connectivity index (χ2v) is 7.12. The molecule has 0 saturated carbocycles. The maximum absolute atomic E-state index is 12.1. The fourth-order valence-corrected chi connectivity index (χ4v) is 2.79. The van der Waals surface area contributed by atoms with Gasteiger partial charge in [-0.15, -0.1) is 0 Å². The number of para-hydroxylation sites is 1. The van der Waals surface area contributed by atoms with E-state index in [9.17, 15) is 4.79 Å². The predicted octanol–water partition coefficient (Wildman–Crippen LogP) is 4.45. The number of urea groups is 1. The highest BCUT2D eigenvalue weighted by Gasteiger charge is 2.05. The molecule has 0 heterocycles. The molecule has 0 unspecified atom stereocenters. The average molecular weight is 401 g/mol. The number of hydrogen-bond acceptors (Lipinski definition) is 4. The van der Waals surface area contributed by atoms with E-state index in [4.69, 9.17) is 14.2 Å². The first-order valence-electron chi connectivity index (χ1n) is 9.98. The lowest BCUT2D eigenvalue weighted by atomic mass is 10.1. The fraction of sp³-hybridized carbons (Fsp3) is 0.435. The highest BCUT2D eigenvalue weighted by molar-refractivity contribution is 5.89. The molecule has 6 nitrogen and oxygen atoms in total. The van der Waals surface area contributed by atoms with Crippen LogP contribution in [0.4, 0.5) is 10.5 Å². The van der Waals surface area contributed by atoms with E-state index in [2.05, 4.69) is 10.6 Å². The Labute approximate surface area is 173 Å².